The zero-order valence-electron chi connectivity index (χ0n) is 14.2. The largest absolute Gasteiger partial charge is 0.489 e. The van der Waals surface area contributed by atoms with E-state index in [1.165, 1.54) is 0 Å². The summed E-state index contributed by atoms with van der Waals surface area (Å²) in [4.78, 5) is 16.4. The number of hydrogen-bond donors (Lipinski definition) is 1. The van der Waals surface area contributed by atoms with Gasteiger partial charge in [-0.05, 0) is 42.5 Å². The van der Waals surface area contributed by atoms with E-state index in [9.17, 15) is 4.79 Å². The average Bonchev–Trinajstić information content (AvgIpc) is 2.64. The summed E-state index contributed by atoms with van der Waals surface area (Å²) in [5.74, 6) is 0.499. The third kappa shape index (κ3) is 3.74. The van der Waals surface area contributed by atoms with Crippen LogP contribution in [0.25, 0.3) is 10.8 Å². The van der Waals surface area contributed by atoms with Crippen LogP contribution in [0.3, 0.4) is 0 Å². The summed E-state index contributed by atoms with van der Waals surface area (Å²) in [5, 5.41) is 4.73. The zero-order chi connectivity index (χ0) is 17.8. The molecule has 0 saturated carbocycles. The minimum atomic E-state index is -0.215. The molecule has 0 unspecified atom stereocenters. The average molecular weight is 355 g/mol. The summed E-state index contributed by atoms with van der Waals surface area (Å²) in [6.07, 6.45) is 0. The molecular formula is C20H19ClN2O2. The van der Waals surface area contributed by atoms with Gasteiger partial charge in [-0.25, -0.2) is 4.98 Å². The molecule has 0 bridgehead atoms. The number of nitrogens with zero attached hydrogens (tertiary/aromatic N) is 1. The molecule has 1 aromatic heterocycles. The lowest BCUT2D eigenvalue weighted by Crippen LogP contribution is -2.24. The van der Waals surface area contributed by atoms with Crippen molar-refractivity contribution in [1.82, 2.24) is 10.3 Å². The highest BCUT2D eigenvalue weighted by molar-refractivity contribution is 6.34. The molecule has 128 valence electrons. The highest BCUT2D eigenvalue weighted by Gasteiger charge is 2.16. The van der Waals surface area contributed by atoms with E-state index in [-0.39, 0.29) is 5.91 Å². The van der Waals surface area contributed by atoms with Gasteiger partial charge in [0.15, 0.2) is 0 Å². The predicted molar refractivity (Wildman–Crippen MR) is 100 cm³/mol. The van der Waals surface area contributed by atoms with E-state index in [0.717, 1.165) is 21.9 Å². The normalized spacial score (nSPS) is 10.7. The summed E-state index contributed by atoms with van der Waals surface area (Å²) in [7, 11) is 0. The van der Waals surface area contributed by atoms with Gasteiger partial charge in [0, 0.05) is 11.9 Å². The third-order valence-electron chi connectivity index (χ3n) is 3.98. The Bertz CT molecular complexity index is 910. The molecule has 5 heteroatoms. The van der Waals surface area contributed by atoms with Crippen LogP contribution in [0.5, 0.6) is 5.75 Å². The number of amides is 1. The van der Waals surface area contributed by atoms with E-state index < -0.39 is 0 Å². The topological polar surface area (TPSA) is 51.2 Å². The molecule has 25 heavy (non-hydrogen) atoms. The Labute approximate surface area is 151 Å². The molecule has 0 aliphatic heterocycles. The molecule has 1 N–H and O–H groups in total. The van der Waals surface area contributed by atoms with Crippen molar-refractivity contribution in [2.24, 2.45) is 0 Å². The van der Waals surface area contributed by atoms with E-state index in [1.54, 1.807) is 0 Å². The van der Waals surface area contributed by atoms with Gasteiger partial charge in [0.1, 0.15) is 23.2 Å². The number of nitrogens with one attached hydrogen (secondary N) is 1. The maximum atomic E-state index is 12.1. The SMILES string of the molecule is CCNC(=O)c1nc(Cl)c2cc(OCc3ccccc3)ccc2c1C. The highest BCUT2D eigenvalue weighted by atomic mass is 35.5. The Morgan fingerprint density at radius 2 is 1.92 bits per heavy atom. The summed E-state index contributed by atoms with van der Waals surface area (Å²) in [6, 6.07) is 15.6. The Hall–Kier alpha value is -2.59. The van der Waals surface area contributed by atoms with Crippen LogP contribution in [-0.4, -0.2) is 17.4 Å². The maximum Gasteiger partial charge on any atom is 0.270 e. The lowest BCUT2D eigenvalue weighted by Gasteiger charge is -2.12. The molecule has 4 nitrogen and oxygen atoms in total. The molecule has 3 rings (SSSR count). The number of ether oxygens (including phenoxy) is 1. The van der Waals surface area contributed by atoms with E-state index in [2.05, 4.69) is 10.3 Å². The fourth-order valence-electron chi connectivity index (χ4n) is 2.69. The van der Waals surface area contributed by atoms with Gasteiger partial charge in [-0.1, -0.05) is 48.0 Å². The first-order chi connectivity index (χ1) is 12.1. The van der Waals surface area contributed by atoms with Gasteiger partial charge in [-0.15, -0.1) is 0 Å². The van der Waals surface area contributed by atoms with Crippen LogP contribution in [0.1, 0.15) is 28.5 Å². The first-order valence-electron chi connectivity index (χ1n) is 8.15. The number of carbonyl (C=O) groups is 1. The van der Waals surface area contributed by atoms with Crippen LogP contribution >= 0.6 is 11.6 Å². The van der Waals surface area contributed by atoms with Gasteiger partial charge in [-0.3, -0.25) is 4.79 Å². The Morgan fingerprint density at radius 3 is 2.64 bits per heavy atom. The lowest BCUT2D eigenvalue weighted by atomic mass is 10.0. The molecule has 0 spiro atoms. The first kappa shape index (κ1) is 17.2. The number of benzene rings is 2. The molecule has 0 aliphatic carbocycles. The highest BCUT2D eigenvalue weighted by Crippen LogP contribution is 2.30. The summed E-state index contributed by atoms with van der Waals surface area (Å²) >= 11 is 6.32. The van der Waals surface area contributed by atoms with Crippen LogP contribution in [-0.2, 0) is 6.61 Å². The van der Waals surface area contributed by atoms with Crippen molar-refractivity contribution in [2.75, 3.05) is 6.54 Å². The molecule has 0 saturated heterocycles. The van der Waals surface area contributed by atoms with Crippen molar-refractivity contribution in [3.63, 3.8) is 0 Å². The van der Waals surface area contributed by atoms with E-state index in [0.29, 0.717) is 29.7 Å². The number of fused-ring (bicyclic) bond motifs is 1. The molecule has 0 aliphatic rings. The third-order valence-corrected chi connectivity index (χ3v) is 4.27. The molecule has 0 radical (unpaired) electrons. The zero-order valence-corrected chi connectivity index (χ0v) is 14.9. The number of pyridine rings is 1. The van der Waals surface area contributed by atoms with Gasteiger partial charge >= 0.3 is 0 Å². The number of aromatic nitrogens is 1. The fraction of sp³-hybridized carbons (Fsp3) is 0.200. The molecule has 1 heterocycles. The first-order valence-corrected chi connectivity index (χ1v) is 8.52. The van der Waals surface area contributed by atoms with E-state index in [1.807, 2.05) is 62.4 Å². The molecule has 0 atom stereocenters. The second kappa shape index (κ2) is 7.53. The second-order valence-corrected chi connectivity index (χ2v) is 6.08. The van der Waals surface area contributed by atoms with E-state index in [4.69, 9.17) is 16.3 Å². The Morgan fingerprint density at radius 1 is 1.16 bits per heavy atom. The van der Waals surface area contributed by atoms with Gasteiger partial charge in [0.2, 0.25) is 0 Å². The molecule has 2 aromatic carbocycles. The van der Waals surface area contributed by atoms with Crippen LogP contribution in [0, 0.1) is 6.92 Å². The van der Waals surface area contributed by atoms with Gasteiger partial charge in [0.05, 0.1) is 0 Å². The van der Waals surface area contributed by atoms with Crippen molar-refractivity contribution < 1.29 is 9.53 Å². The monoisotopic (exact) mass is 354 g/mol. The summed E-state index contributed by atoms with van der Waals surface area (Å²) in [5.41, 5.74) is 2.26. The van der Waals surface area contributed by atoms with Crippen molar-refractivity contribution in [2.45, 2.75) is 20.5 Å². The van der Waals surface area contributed by atoms with Crippen LogP contribution in [0.4, 0.5) is 0 Å². The van der Waals surface area contributed by atoms with Crippen LogP contribution in [0.15, 0.2) is 48.5 Å². The summed E-state index contributed by atoms with van der Waals surface area (Å²) in [6.45, 7) is 4.77. The number of carbonyl (C=O) groups excluding carboxylic acids is 1. The second-order valence-electron chi connectivity index (χ2n) is 5.72. The van der Waals surface area contributed by atoms with Crippen molar-refractivity contribution in [3.8, 4) is 5.75 Å². The molecule has 0 fully saturated rings. The van der Waals surface area contributed by atoms with Gasteiger partial charge in [0.25, 0.3) is 5.91 Å². The number of aryl methyl sites for hydroxylation is 1. The van der Waals surface area contributed by atoms with Gasteiger partial charge < -0.3 is 10.1 Å². The number of hydrogen-bond acceptors (Lipinski definition) is 3. The Balaban J connectivity index is 1.91. The van der Waals surface area contributed by atoms with Crippen molar-refractivity contribution >= 4 is 28.3 Å². The summed E-state index contributed by atoms with van der Waals surface area (Å²) < 4.78 is 5.85. The minimum Gasteiger partial charge on any atom is -0.489 e. The van der Waals surface area contributed by atoms with E-state index >= 15 is 0 Å². The molecule has 3 aromatic rings. The smallest absolute Gasteiger partial charge is 0.270 e. The van der Waals surface area contributed by atoms with Crippen LogP contribution in [0.2, 0.25) is 5.15 Å². The number of halogens is 1. The molecular weight excluding hydrogens is 336 g/mol. The molecule has 1 amide bonds. The standard InChI is InChI=1S/C20H19ClN2O2/c1-3-22-20(24)18-13(2)16-10-9-15(11-17(16)19(21)23-18)25-12-14-7-5-4-6-8-14/h4-11H,3,12H2,1-2H3,(H,22,24). The Kier molecular flexibility index (Phi) is 5.19. The predicted octanol–water partition coefficient (Wildman–Crippen LogP) is 4.53. The number of rotatable bonds is 5. The van der Waals surface area contributed by atoms with Crippen LogP contribution < -0.4 is 10.1 Å². The lowest BCUT2D eigenvalue weighted by molar-refractivity contribution is 0.0950. The van der Waals surface area contributed by atoms with Crippen molar-refractivity contribution in [1.29, 1.82) is 0 Å². The van der Waals surface area contributed by atoms with Crippen molar-refractivity contribution in [3.05, 3.63) is 70.5 Å². The minimum absolute atomic E-state index is 0.215. The van der Waals surface area contributed by atoms with Gasteiger partial charge in [-0.2, -0.15) is 0 Å². The quantitative estimate of drug-likeness (QED) is 0.685. The maximum absolute atomic E-state index is 12.1. The fourth-order valence-corrected chi connectivity index (χ4v) is 2.93.